The van der Waals surface area contributed by atoms with Crippen LogP contribution in [0.4, 0.5) is 0 Å². The fourth-order valence-corrected chi connectivity index (χ4v) is 5.69. The van der Waals surface area contributed by atoms with E-state index < -0.39 is 0 Å². The Morgan fingerprint density at radius 3 is 2.09 bits per heavy atom. The number of hydrogen-bond donors (Lipinski definition) is 0. The van der Waals surface area contributed by atoms with E-state index in [1.807, 2.05) is 0 Å². The molecule has 1 aliphatic carbocycles. The molecular weight excluding hydrogens is 388 g/mol. The highest BCUT2D eigenvalue weighted by molar-refractivity contribution is 5.31. The Hall–Kier alpha value is -2.16. The highest BCUT2D eigenvalue weighted by atomic mass is 15.1. The molecule has 2 aromatic rings. The third-order valence-electron chi connectivity index (χ3n) is 7.18. The van der Waals surface area contributed by atoms with Crippen molar-refractivity contribution in [3.63, 3.8) is 0 Å². The molecule has 0 radical (unpaired) electrons. The van der Waals surface area contributed by atoms with Gasteiger partial charge in [-0.15, -0.1) is 6.58 Å². The Labute approximate surface area is 196 Å². The maximum Gasteiger partial charge on any atom is 0.0132 e. The fraction of sp³-hybridized carbons (Fsp3) is 0.467. The molecule has 5 unspecified atom stereocenters. The van der Waals surface area contributed by atoms with Gasteiger partial charge in [-0.05, 0) is 95.2 Å². The van der Waals surface area contributed by atoms with Crippen molar-refractivity contribution in [1.82, 2.24) is 9.80 Å². The number of rotatable bonds is 10. The maximum atomic E-state index is 4.14. The van der Waals surface area contributed by atoms with Crippen LogP contribution in [0.5, 0.6) is 0 Å². The van der Waals surface area contributed by atoms with Crippen LogP contribution in [-0.4, -0.2) is 50.6 Å². The van der Waals surface area contributed by atoms with E-state index in [-0.39, 0.29) is 0 Å². The van der Waals surface area contributed by atoms with Gasteiger partial charge in [-0.25, -0.2) is 0 Å². The van der Waals surface area contributed by atoms with Gasteiger partial charge < -0.3 is 9.80 Å². The van der Waals surface area contributed by atoms with Gasteiger partial charge in [0.1, 0.15) is 0 Å². The standard InChI is InChI=1S/C30H42N2/c1-6-16-27-29(32(4)5)23-28(24-17-10-7-11-18-24)26(21-14-9-15-22-31(2)3)30(27)25-19-12-8-13-20-25/h6-8,10-14,17-21,26-30H,1,9,15-16,22-23H2,2-5H3. The second kappa shape index (κ2) is 12.2. The molecule has 172 valence electrons. The van der Waals surface area contributed by atoms with Crippen LogP contribution in [0, 0.1) is 11.8 Å². The van der Waals surface area contributed by atoms with Gasteiger partial charge in [0.2, 0.25) is 0 Å². The molecule has 2 nitrogen and oxygen atoms in total. The summed E-state index contributed by atoms with van der Waals surface area (Å²) >= 11 is 0. The summed E-state index contributed by atoms with van der Waals surface area (Å²) in [5.41, 5.74) is 2.94. The van der Waals surface area contributed by atoms with Crippen LogP contribution in [0.15, 0.2) is 85.5 Å². The van der Waals surface area contributed by atoms with Crippen molar-refractivity contribution in [3.05, 3.63) is 96.6 Å². The molecule has 0 aromatic heterocycles. The summed E-state index contributed by atoms with van der Waals surface area (Å²) in [4.78, 5) is 4.73. The normalized spacial score (nSPS) is 26.1. The minimum atomic E-state index is 0.477. The van der Waals surface area contributed by atoms with E-state index in [4.69, 9.17) is 0 Å². The minimum absolute atomic E-state index is 0.477. The second-order valence-corrected chi connectivity index (χ2v) is 9.86. The highest BCUT2D eigenvalue weighted by Crippen LogP contribution is 2.52. The van der Waals surface area contributed by atoms with Crippen molar-refractivity contribution >= 4 is 0 Å². The van der Waals surface area contributed by atoms with Gasteiger partial charge in [0.15, 0.2) is 0 Å². The first-order valence-electron chi connectivity index (χ1n) is 12.2. The maximum absolute atomic E-state index is 4.14. The second-order valence-electron chi connectivity index (χ2n) is 9.86. The molecule has 0 heterocycles. The summed E-state index contributed by atoms with van der Waals surface area (Å²) in [5, 5.41) is 0. The molecule has 0 spiro atoms. The van der Waals surface area contributed by atoms with Gasteiger partial charge in [0.25, 0.3) is 0 Å². The molecule has 32 heavy (non-hydrogen) atoms. The molecule has 1 aliphatic rings. The molecular formula is C30H42N2. The van der Waals surface area contributed by atoms with Crippen molar-refractivity contribution in [2.45, 2.75) is 43.6 Å². The van der Waals surface area contributed by atoms with E-state index in [1.165, 1.54) is 24.0 Å². The molecule has 5 atom stereocenters. The average Bonchev–Trinajstić information content (AvgIpc) is 2.79. The van der Waals surface area contributed by atoms with Crippen LogP contribution in [0.2, 0.25) is 0 Å². The van der Waals surface area contributed by atoms with E-state index >= 15 is 0 Å². The topological polar surface area (TPSA) is 6.48 Å². The predicted octanol–water partition coefficient (Wildman–Crippen LogP) is 6.59. The zero-order valence-corrected chi connectivity index (χ0v) is 20.5. The monoisotopic (exact) mass is 430 g/mol. The first kappa shape index (κ1) is 24.5. The average molecular weight is 431 g/mol. The summed E-state index contributed by atoms with van der Waals surface area (Å²) in [6.45, 7) is 5.28. The molecule has 1 saturated carbocycles. The molecule has 3 rings (SSSR count). The molecule has 0 bridgehead atoms. The fourth-order valence-electron chi connectivity index (χ4n) is 5.69. The summed E-state index contributed by atoms with van der Waals surface area (Å²) in [7, 11) is 8.82. The lowest BCUT2D eigenvalue weighted by molar-refractivity contribution is 0.0972. The van der Waals surface area contributed by atoms with Crippen molar-refractivity contribution in [2.24, 2.45) is 11.8 Å². The number of unbranched alkanes of at least 4 members (excludes halogenated alkanes) is 1. The van der Waals surface area contributed by atoms with Crippen molar-refractivity contribution in [3.8, 4) is 0 Å². The van der Waals surface area contributed by atoms with Gasteiger partial charge in [-0.3, -0.25) is 0 Å². The lowest BCUT2D eigenvalue weighted by Crippen LogP contribution is -2.46. The van der Waals surface area contributed by atoms with E-state index in [0.717, 1.165) is 19.4 Å². The third-order valence-corrected chi connectivity index (χ3v) is 7.18. The molecule has 0 aliphatic heterocycles. The zero-order chi connectivity index (χ0) is 22.9. The Kier molecular flexibility index (Phi) is 9.32. The highest BCUT2D eigenvalue weighted by Gasteiger charge is 2.44. The number of hydrogen-bond acceptors (Lipinski definition) is 2. The van der Waals surface area contributed by atoms with Gasteiger partial charge >= 0.3 is 0 Å². The van der Waals surface area contributed by atoms with Gasteiger partial charge in [-0.2, -0.15) is 0 Å². The van der Waals surface area contributed by atoms with Gasteiger partial charge in [0.05, 0.1) is 0 Å². The Bertz CT molecular complexity index is 824. The van der Waals surface area contributed by atoms with Crippen LogP contribution < -0.4 is 0 Å². The predicted molar refractivity (Wildman–Crippen MR) is 139 cm³/mol. The Morgan fingerprint density at radius 2 is 1.53 bits per heavy atom. The van der Waals surface area contributed by atoms with Crippen LogP contribution in [-0.2, 0) is 0 Å². The van der Waals surface area contributed by atoms with Crippen LogP contribution in [0.3, 0.4) is 0 Å². The van der Waals surface area contributed by atoms with Crippen LogP contribution >= 0.6 is 0 Å². The van der Waals surface area contributed by atoms with E-state index in [0.29, 0.717) is 29.7 Å². The van der Waals surface area contributed by atoms with Gasteiger partial charge in [0, 0.05) is 6.04 Å². The van der Waals surface area contributed by atoms with E-state index in [1.54, 1.807) is 0 Å². The molecule has 2 aromatic carbocycles. The number of benzene rings is 2. The zero-order valence-electron chi connectivity index (χ0n) is 20.5. The lowest BCUT2D eigenvalue weighted by Gasteiger charge is -2.49. The Morgan fingerprint density at radius 1 is 0.906 bits per heavy atom. The third kappa shape index (κ3) is 6.21. The number of nitrogens with zero attached hydrogens (tertiary/aromatic N) is 2. The smallest absolute Gasteiger partial charge is 0.0132 e. The van der Waals surface area contributed by atoms with E-state index in [9.17, 15) is 0 Å². The molecule has 2 heteroatoms. The number of allylic oxidation sites excluding steroid dienone is 3. The summed E-state index contributed by atoms with van der Waals surface area (Å²) < 4.78 is 0. The molecule has 0 saturated heterocycles. The molecule has 0 N–H and O–H groups in total. The quantitative estimate of drug-likeness (QED) is 0.310. The van der Waals surface area contributed by atoms with Crippen molar-refractivity contribution < 1.29 is 0 Å². The Balaban J connectivity index is 2.02. The van der Waals surface area contributed by atoms with Crippen LogP contribution in [0.25, 0.3) is 0 Å². The molecule has 0 amide bonds. The largest absolute Gasteiger partial charge is 0.309 e. The van der Waals surface area contributed by atoms with Crippen molar-refractivity contribution in [1.29, 1.82) is 0 Å². The first-order chi connectivity index (χ1) is 15.5. The van der Waals surface area contributed by atoms with E-state index in [2.05, 4.69) is 123 Å². The minimum Gasteiger partial charge on any atom is -0.309 e. The van der Waals surface area contributed by atoms with Crippen LogP contribution in [0.1, 0.15) is 48.6 Å². The van der Waals surface area contributed by atoms with Gasteiger partial charge in [-0.1, -0.05) is 78.9 Å². The van der Waals surface area contributed by atoms with Crippen molar-refractivity contribution in [2.75, 3.05) is 34.7 Å². The summed E-state index contributed by atoms with van der Waals surface area (Å²) in [6.07, 6.45) is 11.7. The SMILES string of the molecule is C=CCC1C(c2ccccc2)C(C=CCCCN(C)C)C(c2ccccc2)CC1N(C)C. The molecule has 1 fully saturated rings. The summed E-state index contributed by atoms with van der Waals surface area (Å²) in [6, 6.07) is 23.0. The lowest BCUT2D eigenvalue weighted by atomic mass is 9.59. The first-order valence-corrected chi connectivity index (χ1v) is 12.2. The summed E-state index contributed by atoms with van der Waals surface area (Å²) in [5.74, 6) is 2.03.